The van der Waals surface area contributed by atoms with Crippen LogP contribution in [0.15, 0.2) is 41.3 Å². The zero-order valence-electron chi connectivity index (χ0n) is 18.6. The summed E-state index contributed by atoms with van der Waals surface area (Å²) in [6.45, 7) is 7.79. The summed E-state index contributed by atoms with van der Waals surface area (Å²) in [5.74, 6) is -1.15. The fraction of sp³-hybridized carbons (Fsp3) is 0.440. The highest BCUT2D eigenvalue weighted by Crippen LogP contribution is 2.36. The van der Waals surface area contributed by atoms with Gasteiger partial charge in [-0.25, -0.2) is 0 Å². The van der Waals surface area contributed by atoms with Gasteiger partial charge in [-0.05, 0) is 61.2 Å². The number of aryl methyl sites for hydroxylation is 3. The van der Waals surface area contributed by atoms with Gasteiger partial charge in [-0.1, -0.05) is 31.5 Å². The van der Waals surface area contributed by atoms with Crippen LogP contribution in [0.25, 0.3) is 0 Å². The maximum Gasteiger partial charge on any atom is 0.416 e. The second-order valence-corrected chi connectivity index (χ2v) is 9.49. The van der Waals surface area contributed by atoms with Gasteiger partial charge in [0.1, 0.15) is 12.0 Å². The summed E-state index contributed by atoms with van der Waals surface area (Å²) in [6, 6.07) is 8.96. The van der Waals surface area contributed by atoms with Crippen LogP contribution in [0.1, 0.15) is 54.0 Å². The number of carbonyl (C=O) groups is 2. The maximum atomic E-state index is 13.0. The van der Waals surface area contributed by atoms with E-state index < -0.39 is 29.7 Å². The van der Waals surface area contributed by atoms with E-state index in [4.69, 9.17) is 4.74 Å². The Morgan fingerprint density at radius 3 is 2.34 bits per heavy atom. The van der Waals surface area contributed by atoms with Crippen molar-refractivity contribution in [3.63, 3.8) is 0 Å². The van der Waals surface area contributed by atoms with Gasteiger partial charge in [0, 0.05) is 23.0 Å². The average molecular weight is 465 g/mol. The Kier molecular flexibility index (Phi) is 7.38. The molecular formula is C25H27F3O3S. The van der Waals surface area contributed by atoms with E-state index >= 15 is 0 Å². The number of ketones is 1. The number of hydrogen-bond acceptors (Lipinski definition) is 4. The van der Waals surface area contributed by atoms with Gasteiger partial charge in [0.25, 0.3) is 0 Å². The van der Waals surface area contributed by atoms with Gasteiger partial charge < -0.3 is 4.74 Å². The lowest BCUT2D eigenvalue weighted by Gasteiger charge is -2.32. The summed E-state index contributed by atoms with van der Waals surface area (Å²) in [5.41, 5.74) is 3.07. The lowest BCUT2D eigenvalue weighted by Crippen LogP contribution is -2.41. The first-order valence-electron chi connectivity index (χ1n) is 10.6. The molecule has 0 spiro atoms. The van der Waals surface area contributed by atoms with E-state index in [9.17, 15) is 22.8 Å². The smallest absolute Gasteiger partial charge is 0.416 e. The van der Waals surface area contributed by atoms with E-state index in [0.717, 1.165) is 40.8 Å². The molecule has 172 valence electrons. The Morgan fingerprint density at radius 1 is 1.12 bits per heavy atom. The number of Topliss-reactive ketones (excluding diaryl/α,β-unsaturated/α-hetero) is 1. The van der Waals surface area contributed by atoms with Gasteiger partial charge in [-0.15, -0.1) is 11.8 Å². The van der Waals surface area contributed by atoms with Gasteiger partial charge in [0.2, 0.25) is 0 Å². The first kappa shape index (κ1) is 24.4. The third-order valence-electron chi connectivity index (χ3n) is 5.84. The molecule has 3 atom stereocenters. The Bertz CT molecular complexity index is 981. The number of ether oxygens (including phenoxy) is 1. The minimum atomic E-state index is -4.36. The quantitative estimate of drug-likeness (QED) is 0.287. The van der Waals surface area contributed by atoms with Crippen LogP contribution in [0.3, 0.4) is 0 Å². The molecule has 2 aromatic rings. The molecule has 0 radical (unpaired) electrons. The molecule has 3 unspecified atom stereocenters. The number of cyclic esters (lactones) is 1. The van der Waals surface area contributed by atoms with Crippen molar-refractivity contribution in [2.75, 3.05) is 5.75 Å². The highest BCUT2D eigenvalue weighted by Gasteiger charge is 2.41. The molecule has 32 heavy (non-hydrogen) atoms. The first-order valence-corrected chi connectivity index (χ1v) is 11.6. The third kappa shape index (κ3) is 5.37. The van der Waals surface area contributed by atoms with E-state index in [1.165, 1.54) is 23.9 Å². The van der Waals surface area contributed by atoms with Gasteiger partial charge >= 0.3 is 12.1 Å². The predicted octanol–water partition coefficient (Wildman–Crippen LogP) is 6.28. The maximum absolute atomic E-state index is 13.0. The summed E-state index contributed by atoms with van der Waals surface area (Å²) in [4.78, 5) is 26.6. The van der Waals surface area contributed by atoms with E-state index in [2.05, 4.69) is 0 Å². The molecule has 0 saturated carbocycles. The van der Waals surface area contributed by atoms with Crippen LogP contribution in [0.4, 0.5) is 13.2 Å². The van der Waals surface area contributed by atoms with Crippen molar-refractivity contribution in [2.45, 2.75) is 63.6 Å². The fourth-order valence-electron chi connectivity index (χ4n) is 4.15. The molecule has 0 N–H and O–H groups in total. The summed E-state index contributed by atoms with van der Waals surface area (Å²) in [7, 11) is 0. The Morgan fingerprint density at radius 2 is 1.78 bits per heavy atom. The van der Waals surface area contributed by atoms with Crippen molar-refractivity contribution < 1.29 is 27.5 Å². The standard InChI is InChI=1S/C25H27F3O3S/c1-5-17-11-14(2)10-15(3)22(17)23-20(29)12-21(31-24(23)30)16(4)13-32-19-8-6-18(7-9-19)25(26,27)28/h6-11,16,21,23H,5,12-13H2,1-4H3. The normalized spacial score (nSPS) is 20.2. The van der Waals surface area contributed by atoms with Crippen molar-refractivity contribution in [1.82, 2.24) is 0 Å². The molecule has 1 fully saturated rings. The third-order valence-corrected chi connectivity index (χ3v) is 7.14. The lowest BCUT2D eigenvalue weighted by molar-refractivity contribution is -0.162. The largest absolute Gasteiger partial charge is 0.461 e. The fourth-order valence-corrected chi connectivity index (χ4v) is 5.15. The molecule has 3 rings (SSSR count). The highest BCUT2D eigenvalue weighted by atomic mass is 32.2. The number of esters is 1. The van der Waals surface area contributed by atoms with Crippen LogP contribution in [-0.2, 0) is 26.9 Å². The minimum Gasteiger partial charge on any atom is -0.461 e. The SMILES string of the molecule is CCc1cc(C)cc(C)c1C1C(=O)CC(C(C)CSc2ccc(C(F)(F)F)cc2)OC1=O. The number of hydrogen-bond donors (Lipinski definition) is 0. The zero-order chi connectivity index (χ0) is 23.6. The zero-order valence-corrected chi connectivity index (χ0v) is 19.4. The van der Waals surface area contributed by atoms with E-state index in [0.29, 0.717) is 10.6 Å². The first-order chi connectivity index (χ1) is 15.0. The Labute approximate surface area is 190 Å². The molecule has 0 aliphatic carbocycles. The molecule has 0 bridgehead atoms. The van der Waals surface area contributed by atoms with E-state index in [1.807, 2.05) is 39.8 Å². The Hall–Kier alpha value is -2.28. The summed E-state index contributed by atoms with van der Waals surface area (Å²) >= 11 is 1.38. The molecule has 1 aliphatic rings. The van der Waals surface area contributed by atoms with Crippen LogP contribution in [0.2, 0.25) is 0 Å². The molecule has 3 nitrogen and oxygen atoms in total. The number of halogens is 3. The lowest BCUT2D eigenvalue weighted by atomic mass is 9.81. The number of thioether (sulfide) groups is 1. The molecule has 1 saturated heterocycles. The monoisotopic (exact) mass is 464 g/mol. The molecule has 0 aromatic heterocycles. The highest BCUT2D eigenvalue weighted by molar-refractivity contribution is 7.99. The van der Waals surface area contributed by atoms with Crippen LogP contribution >= 0.6 is 11.8 Å². The number of rotatable bonds is 6. The molecule has 2 aromatic carbocycles. The Balaban J connectivity index is 1.67. The van der Waals surface area contributed by atoms with Crippen molar-refractivity contribution in [3.8, 4) is 0 Å². The van der Waals surface area contributed by atoms with E-state index in [1.54, 1.807) is 0 Å². The van der Waals surface area contributed by atoms with Crippen molar-refractivity contribution in [2.24, 2.45) is 5.92 Å². The number of benzene rings is 2. The molecule has 1 aliphatic heterocycles. The van der Waals surface area contributed by atoms with Gasteiger partial charge in [0.15, 0.2) is 5.78 Å². The van der Waals surface area contributed by atoms with Gasteiger partial charge in [-0.3, -0.25) is 9.59 Å². The average Bonchev–Trinajstić information content (AvgIpc) is 2.72. The molecule has 7 heteroatoms. The van der Waals surface area contributed by atoms with Crippen molar-refractivity contribution in [1.29, 1.82) is 0 Å². The molecule has 0 amide bonds. The second kappa shape index (κ2) is 9.69. The van der Waals surface area contributed by atoms with Crippen LogP contribution in [-0.4, -0.2) is 23.6 Å². The van der Waals surface area contributed by atoms with Gasteiger partial charge in [-0.2, -0.15) is 13.2 Å². The summed E-state index contributed by atoms with van der Waals surface area (Å²) < 4.78 is 43.8. The number of alkyl halides is 3. The predicted molar refractivity (Wildman–Crippen MR) is 119 cm³/mol. The molecule has 1 heterocycles. The van der Waals surface area contributed by atoms with Crippen LogP contribution in [0.5, 0.6) is 0 Å². The summed E-state index contributed by atoms with van der Waals surface area (Å²) in [5, 5.41) is 0. The second-order valence-electron chi connectivity index (χ2n) is 8.40. The summed E-state index contributed by atoms with van der Waals surface area (Å²) in [6.07, 6.45) is -4.04. The topological polar surface area (TPSA) is 43.4 Å². The van der Waals surface area contributed by atoms with Gasteiger partial charge in [0.05, 0.1) is 5.56 Å². The van der Waals surface area contributed by atoms with E-state index in [-0.39, 0.29) is 18.1 Å². The number of carbonyl (C=O) groups excluding carboxylic acids is 2. The van der Waals surface area contributed by atoms with Crippen LogP contribution in [0, 0.1) is 19.8 Å². The van der Waals surface area contributed by atoms with Crippen LogP contribution < -0.4 is 0 Å². The van der Waals surface area contributed by atoms with Crippen molar-refractivity contribution >= 4 is 23.5 Å². The van der Waals surface area contributed by atoms with Crippen molar-refractivity contribution in [3.05, 3.63) is 64.2 Å². The minimum absolute atomic E-state index is 0.124. The molecular weight excluding hydrogens is 437 g/mol.